The van der Waals surface area contributed by atoms with Crippen molar-refractivity contribution in [1.82, 2.24) is 24.7 Å². The van der Waals surface area contributed by atoms with Crippen molar-refractivity contribution in [3.05, 3.63) is 58.6 Å². The molecule has 0 unspecified atom stereocenters. The normalized spacial score (nSPS) is 17.9. The number of nitrogens with zero attached hydrogens (tertiary/aromatic N) is 4. The second kappa shape index (κ2) is 8.24. The molecule has 0 saturated carbocycles. The maximum Gasteiger partial charge on any atom is 0.257 e. The van der Waals surface area contributed by atoms with Crippen LogP contribution in [0.2, 0.25) is 0 Å². The van der Waals surface area contributed by atoms with Crippen LogP contribution < -0.4 is 16.4 Å². The van der Waals surface area contributed by atoms with Gasteiger partial charge in [-0.05, 0) is 57.2 Å². The zero-order valence-electron chi connectivity index (χ0n) is 18.2. The number of carbonyl (C=O) groups excluding carboxylic acids is 1. The Labute approximate surface area is 195 Å². The van der Waals surface area contributed by atoms with Gasteiger partial charge in [-0.3, -0.25) is 14.5 Å². The monoisotopic (exact) mass is 459 g/mol. The number of amides is 1. The highest BCUT2D eigenvalue weighted by atomic mass is 32.1. The number of nitrogens with one attached hydrogen (secondary N) is 2. The molecule has 4 N–H and O–H groups in total. The maximum absolute atomic E-state index is 12.8. The van der Waals surface area contributed by atoms with E-state index >= 15 is 0 Å². The Morgan fingerprint density at radius 3 is 2.79 bits per heavy atom. The number of aryl methyl sites for hydroxylation is 2. The minimum absolute atomic E-state index is 0.153. The fourth-order valence-corrected chi connectivity index (χ4v) is 5.84. The molecule has 8 nitrogen and oxygen atoms in total. The molecule has 0 spiro atoms. The number of hydrogen-bond acceptors (Lipinski definition) is 7. The quantitative estimate of drug-likeness (QED) is 0.426. The fraction of sp³-hybridized carbons (Fsp3) is 0.333. The number of carbonyl (C=O) groups is 1. The van der Waals surface area contributed by atoms with E-state index in [-0.39, 0.29) is 11.9 Å². The molecular formula is C24H25N7OS. The Kier molecular flexibility index (Phi) is 5.07. The van der Waals surface area contributed by atoms with E-state index in [9.17, 15) is 4.79 Å². The standard InChI is InChI=1S/C24H25N7OS/c25-21-20-19(29-22(17-5-3-11-26-17)31(20)13-12-27-21)14-7-9-15(10-8-14)23(32)30-24-28-16-4-1-2-6-18(16)33-24/h7-10,12-13,17,26H,1-6,11H2,(H2,25,27)(H,28,30,32)/t17-/m0/s1. The highest BCUT2D eigenvalue weighted by Gasteiger charge is 2.25. The molecule has 4 aromatic rings. The van der Waals surface area contributed by atoms with Gasteiger partial charge in [0.1, 0.15) is 22.9 Å². The largest absolute Gasteiger partial charge is 0.382 e. The number of imidazole rings is 1. The molecule has 168 valence electrons. The highest BCUT2D eigenvalue weighted by Crippen LogP contribution is 2.33. The van der Waals surface area contributed by atoms with Gasteiger partial charge in [0.2, 0.25) is 0 Å². The molecular weight excluding hydrogens is 434 g/mol. The molecule has 6 rings (SSSR count). The first-order chi connectivity index (χ1) is 16.2. The SMILES string of the molecule is Nc1nccn2c([C@@H]3CCCN3)nc(-c3ccc(C(=O)Nc4nc5c(s4)CCCC5)cc3)c12. The molecule has 2 aliphatic rings. The molecule has 0 bridgehead atoms. The summed E-state index contributed by atoms with van der Waals surface area (Å²) in [5, 5.41) is 7.16. The average Bonchev–Trinajstić information content (AvgIpc) is 3.57. The molecule has 3 aromatic heterocycles. The number of aromatic nitrogens is 4. The molecule has 1 aliphatic carbocycles. The number of anilines is 2. The molecule has 4 heterocycles. The average molecular weight is 460 g/mol. The first-order valence-electron chi connectivity index (χ1n) is 11.4. The van der Waals surface area contributed by atoms with E-state index < -0.39 is 0 Å². The topological polar surface area (TPSA) is 110 Å². The van der Waals surface area contributed by atoms with Crippen molar-refractivity contribution >= 4 is 33.7 Å². The lowest BCUT2D eigenvalue weighted by Gasteiger charge is -2.08. The zero-order valence-corrected chi connectivity index (χ0v) is 19.0. The minimum atomic E-state index is -0.153. The predicted molar refractivity (Wildman–Crippen MR) is 130 cm³/mol. The molecule has 9 heteroatoms. The first-order valence-corrected chi connectivity index (χ1v) is 12.3. The summed E-state index contributed by atoms with van der Waals surface area (Å²) >= 11 is 1.59. The Morgan fingerprint density at radius 1 is 1.15 bits per heavy atom. The van der Waals surface area contributed by atoms with Gasteiger partial charge in [0, 0.05) is 28.4 Å². The molecule has 1 amide bonds. The third-order valence-electron chi connectivity index (χ3n) is 6.47. The predicted octanol–water partition coefficient (Wildman–Crippen LogP) is 3.99. The molecule has 1 aliphatic heterocycles. The second-order valence-corrected chi connectivity index (χ2v) is 9.71. The fourth-order valence-electron chi connectivity index (χ4n) is 4.79. The van der Waals surface area contributed by atoms with Crippen molar-refractivity contribution in [2.24, 2.45) is 0 Å². The van der Waals surface area contributed by atoms with Gasteiger partial charge in [-0.1, -0.05) is 12.1 Å². The summed E-state index contributed by atoms with van der Waals surface area (Å²) in [6.07, 6.45) is 10.2. The van der Waals surface area contributed by atoms with Crippen LogP contribution in [0.1, 0.15) is 58.5 Å². The van der Waals surface area contributed by atoms with Gasteiger partial charge in [0.05, 0.1) is 11.7 Å². The third kappa shape index (κ3) is 3.67. The molecule has 33 heavy (non-hydrogen) atoms. The number of fused-ring (bicyclic) bond motifs is 2. The van der Waals surface area contributed by atoms with Crippen LogP contribution in [0.3, 0.4) is 0 Å². The summed E-state index contributed by atoms with van der Waals surface area (Å²) in [6, 6.07) is 7.68. The number of nitrogen functional groups attached to an aromatic ring is 1. The second-order valence-electron chi connectivity index (χ2n) is 8.63. The van der Waals surface area contributed by atoms with Gasteiger partial charge in [-0.2, -0.15) is 0 Å². The third-order valence-corrected chi connectivity index (χ3v) is 7.54. The van der Waals surface area contributed by atoms with Crippen molar-refractivity contribution in [2.75, 3.05) is 17.6 Å². The van der Waals surface area contributed by atoms with Gasteiger partial charge < -0.3 is 11.1 Å². The molecule has 1 atom stereocenters. The van der Waals surface area contributed by atoms with Crippen molar-refractivity contribution in [3.8, 4) is 11.3 Å². The summed E-state index contributed by atoms with van der Waals surface area (Å²) in [6.45, 7) is 0.987. The molecule has 1 aromatic carbocycles. The lowest BCUT2D eigenvalue weighted by Crippen LogP contribution is -2.16. The summed E-state index contributed by atoms with van der Waals surface area (Å²) < 4.78 is 2.03. The van der Waals surface area contributed by atoms with Gasteiger partial charge in [0.15, 0.2) is 5.13 Å². The zero-order chi connectivity index (χ0) is 22.4. The summed E-state index contributed by atoms with van der Waals surface area (Å²) in [7, 11) is 0. The van der Waals surface area contributed by atoms with Gasteiger partial charge >= 0.3 is 0 Å². The van der Waals surface area contributed by atoms with E-state index in [1.54, 1.807) is 17.5 Å². The van der Waals surface area contributed by atoms with E-state index in [4.69, 9.17) is 10.7 Å². The van der Waals surface area contributed by atoms with E-state index in [2.05, 4.69) is 20.6 Å². The first kappa shape index (κ1) is 20.3. The molecule has 0 radical (unpaired) electrons. The van der Waals surface area contributed by atoms with Crippen LogP contribution in [0.5, 0.6) is 0 Å². The highest BCUT2D eigenvalue weighted by molar-refractivity contribution is 7.15. The Bertz CT molecular complexity index is 1310. The minimum Gasteiger partial charge on any atom is -0.382 e. The summed E-state index contributed by atoms with van der Waals surface area (Å²) in [4.78, 5) is 28.0. The Hall–Kier alpha value is -3.30. The van der Waals surface area contributed by atoms with Crippen molar-refractivity contribution < 1.29 is 4.79 Å². The smallest absolute Gasteiger partial charge is 0.257 e. The van der Waals surface area contributed by atoms with Gasteiger partial charge in [0.25, 0.3) is 5.91 Å². The van der Waals surface area contributed by atoms with Crippen LogP contribution in [-0.4, -0.2) is 31.8 Å². The van der Waals surface area contributed by atoms with Gasteiger partial charge in [-0.15, -0.1) is 11.3 Å². The Balaban J connectivity index is 1.29. The van der Waals surface area contributed by atoms with Crippen LogP contribution >= 0.6 is 11.3 Å². The van der Waals surface area contributed by atoms with E-state index in [1.807, 2.05) is 34.9 Å². The number of nitrogens with two attached hydrogens (primary N) is 1. The van der Waals surface area contributed by atoms with Crippen molar-refractivity contribution in [1.29, 1.82) is 0 Å². The summed E-state index contributed by atoms with van der Waals surface area (Å²) in [5.74, 6) is 1.24. The molecule has 1 fully saturated rings. The molecule has 1 saturated heterocycles. The number of hydrogen-bond donors (Lipinski definition) is 3. The van der Waals surface area contributed by atoms with Gasteiger partial charge in [-0.25, -0.2) is 15.0 Å². The van der Waals surface area contributed by atoms with Crippen molar-refractivity contribution in [3.63, 3.8) is 0 Å². The number of thiazole rings is 1. The Morgan fingerprint density at radius 2 is 2.00 bits per heavy atom. The van der Waals surface area contributed by atoms with E-state index in [0.29, 0.717) is 16.5 Å². The number of benzene rings is 1. The lowest BCUT2D eigenvalue weighted by molar-refractivity contribution is 0.102. The van der Waals surface area contributed by atoms with Crippen molar-refractivity contribution in [2.45, 2.75) is 44.6 Å². The van der Waals surface area contributed by atoms with E-state index in [0.717, 1.165) is 60.5 Å². The lowest BCUT2D eigenvalue weighted by atomic mass is 10.0. The number of rotatable bonds is 4. The van der Waals surface area contributed by atoms with Crippen LogP contribution in [0.15, 0.2) is 36.7 Å². The van der Waals surface area contributed by atoms with Crippen LogP contribution in [0.25, 0.3) is 16.8 Å². The summed E-state index contributed by atoms with van der Waals surface area (Å²) in [5.41, 5.74) is 10.5. The van der Waals surface area contributed by atoms with E-state index in [1.165, 1.54) is 17.7 Å². The van der Waals surface area contributed by atoms with Crippen LogP contribution in [0.4, 0.5) is 10.9 Å². The van der Waals surface area contributed by atoms with Crippen LogP contribution in [0, 0.1) is 0 Å². The van der Waals surface area contributed by atoms with Crippen LogP contribution in [-0.2, 0) is 12.8 Å². The maximum atomic E-state index is 12.8.